The summed E-state index contributed by atoms with van der Waals surface area (Å²) in [5.41, 5.74) is -0.503. The molecule has 0 N–H and O–H groups in total. The summed E-state index contributed by atoms with van der Waals surface area (Å²) in [6.45, 7) is 1.68. The van der Waals surface area contributed by atoms with Crippen molar-refractivity contribution in [3.05, 3.63) is 28.3 Å². The molecule has 0 amide bonds. The van der Waals surface area contributed by atoms with Crippen LogP contribution in [0, 0.1) is 13.0 Å². The molecule has 1 heterocycles. The van der Waals surface area contributed by atoms with Crippen LogP contribution in [0.15, 0.2) is 15.3 Å². The fourth-order valence-electron chi connectivity index (χ4n) is 0.632. The van der Waals surface area contributed by atoms with Crippen LogP contribution in [-0.2, 0) is 0 Å². The number of ether oxygens (including phenoxy) is 1. The van der Waals surface area contributed by atoms with Gasteiger partial charge in [0.25, 0.3) is 0 Å². The van der Waals surface area contributed by atoms with Crippen LogP contribution in [-0.4, -0.2) is 7.11 Å². The summed E-state index contributed by atoms with van der Waals surface area (Å²) >= 11 is 0. The smallest absolute Gasteiger partial charge is 0.534 e. The van der Waals surface area contributed by atoms with Crippen molar-refractivity contribution in [1.82, 2.24) is 0 Å². The van der Waals surface area contributed by atoms with E-state index in [-0.39, 0.29) is 18.9 Å². The molecule has 0 atom stereocenters. The molecule has 0 aliphatic rings. The van der Waals surface area contributed by atoms with Gasteiger partial charge < -0.3 is 9.15 Å². The minimum Gasteiger partial charge on any atom is -0.534 e. The second-order valence-corrected chi connectivity index (χ2v) is 1.84. The van der Waals surface area contributed by atoms with Crippen LogP contribution >= 0.6 is 0 Å². The third-order valence-electron chi connectivity index (χ3n) is 1.03. The molecule has 0 spiro atoms. The van der Waals surface area contributed by atoms with Gasteiger partial charge in [0.1, 0.15) is 0 Å². The summed E-state index contributed by atoms with van der Waals surface area (Å²) in [7, 11) is 1.48. The summed E-state index contributed by atoms with van der Waals surface area (Å²) in [6, 6.07) is 3.95. The molecular weight excluding hydrogens is 139 g/mol. The number of rotatable bonds is 1. The predicted molar refractivity (Wildman–Crippen MR) is 35.1 cm³/mol. The summed E-state index contributed by atoms with van der Waals surface area (Å²) in [5.74, 6) is 0.939. The first kappa shape index (κ1) is 10.3. The van der Waals surface area contributed by atoms with E-state index in [1.807, 2.05) is 0 Å². The van der Waals surface area contributed by atoms with E-state index in [2.05, 4.69) is 10.5 Å². The van der Waals surface area contributed by atoms with Gasteiger partial charge >= 0.3 is 18.9 Å². The van der Waals surface area contributed by atoms with Crippen LogP contribution in [0.2, 0.25) is 0 Å². The molecule has 0 aromatic carbocycles. The molecule has 0 aliphatic carbocycles. The van der Waals surface area contributed by atoms with Crippen LogP contribution in [0.1, 0.15) is 5.76 Å². The maximum Gasteiger partial charge on any atom is 1.00 e. The van der Waals surface area contributed by atoms with E-state index in [0.29, 0.717) is 11.5 Å². The summed E-state index contributed by atoms with van der Waals surface area (Å²) in [6.07, 6.45) is 0. The molecule has 0 bridgehead atoms. The Labute approximate surface area is 76.5 Å². The van der Waals surface area contributed by atoms with Crippen LogP contribution in [0.3, 0.4) is 0 Å². The molecule has 1 aromatic heterocycles. The summed E-state index contributed by atoms with van der Waals surface area (Å²) < 4.78 is 9.39. The normalized spacial score (nSPS) is 8.55. The molecular formula is C7H7LiO3. The van der Waals surface area contributed by atoms with E-state index in [1.165, 1.54) is 7.11 Å². The van der Waals surface area contributed by atoms with Crippen molar-refractivity contribution >= 4 is 0 Å². The zero-order valence-electron chi connectivity index (χ0n) is 6.80. The van der Waals surface area contributed by atoms with Crippen molar-refractivity contribution in [2.24, 2.45) is 0 Å². The Hall–Kier alpha value is -0.653. The van der Waals surface area contributed by atoms with Gasteiger partial charge in [-0.3, -0.25) is 4.79 Å². The molecule has 11 heavy (non-hydrogen) atoms. The third-order valence-corrected chi connectivity index (χ3v) is 1.03. The van der Waals surface area contributed by atoms with Crippen LogP contribution in [0.5, 0.6) is 5.75 Å². The second-order valence-electron chi connectivity index (χ2n) is 1.84. The summed E-state index contributed by atoms with van der Waals surface area (Å²) in [4.78, 5) is 10.6. The SMILES string of the molecule is COc1[c-]c(=O)oc(C)c1.[Li+]. The van der Waals surface area contributed by atoms with Crippen molar-refractivity contribution in [3.8, 4) is 5.75 Å². The van der Waals surface area contributed by atoms with Crippen molar-refractivity contribution in [1.29, 1.82) is 0 Å². The van der Waals surface area contributed by atoms with Gasteiger partial charge in [0.2, 0.25) is 5.63 Å². The maximum absolute atomic E-state index is 10.6. The van der Waals surface area contributed by atoms with Gasteiger partial charge in [-0.05, 0) is 12.7 Å². The van der Waals surface area contributed by atoms with Crippen molar-refractivity contribution in [2.45, 2.75) is 6.92 Å². The molecule has 0 saturated carbocycles. The number of hydrogen-bond donors (Lipinski definition) is 0. The Kier molecular flexibility index (Phi) is 4.02. The molecule has 0 radical (unpaired) electrons. The van der Waals surface area contributed by atoms with Gasteiger partial charge in [-0.2, -0.15) is 0 Å². The van der Waals surface area contributed by atoms with Gasteiger partial charge in [-0.15, -0.1) is 12.1 Å². The Morgan fingerprint density at radius 1 is 1.64 bits per heavy atom. The standard InChI is InChI=1S/C7H7O3.Li/c1-5-3-6(9-2)4-7(8)10-5;/h3H,1-2H3;/q-1;+1. The average molecular weight is 146 g/mol. The fourth-order valence-corrected chi connectivity index (χ4v) is 0.632. The first-order chi connectivity index (χ1) is 4.72. The van der Waals surface area contributed by atoms with Gasteiger partial charge in [0, 0.05) is 5.76 Å². The maximum atomic E-state index is 10.6. The van der Waals surface area contributed by atoms with E-state index in [9.17, 15) is 4.79 Å². The number of aryl methyl sites for hydroxylation is 1. The molecule has 0 fully saturated rings. The monoisotopic (exact) mass is 146 g/mol. The van der Waals surface area contributed by atoms with Gasteiger partial charge in [-0.1, -0.05) is 0 Å². The Morgan fingerprint density at radius 3 is 2.73 bits per heavy atom. The van der Waals surface area contributed by atoms with Crippen molar-refractivity contribution in [2.75, 3.05) is 7.11 Å². The fraction of sp³-hybridized carbons (Fsp3) is 0.286. The van der Waals surface area contributed by atoms with E-state index < -0.39 is 5.63 Å². The molecule has 3 nitrogen and oxygen atoms in total. The van der Waals surface area contributed by atoms with E-state index in [4.69, 9.17) is 4.74 Å². The molecule has 1 aromatic rings. The third kappa shape index (κ3) is 2.83. The van der Waals surface area contributed by atoms with Crippen LogP contribution in [0.25, 0.3) is 0 Å². The van der Waals surface area contributed by atoms with Crippen molar-refractivity contribution in [3.63, 3.8) is 0 Å². The number of hydrogen-bond acceptors (Lipinski definition) is 3. The first-order valence-corrected chi connectivity index (χ1v) is 2.80. The van der Waals surface area contributed by atoms with Gasteiger partial charge in [-0.25, -0.2) is 0 Å². The van der Waals surface area contributed by atoms with E-state index in [0.717, 1.165) is 0 Å². The quantitative estimate of drug-likeness (QED) is 0.332. The zero-order valence-corrected chi connectivity index (χ0v) is 6.80. The molecule has 0 saturated heterocycles. The number of methoxy groups -OCH3 is 1. The molecule has 0 aliphatic heterocycles. The Bertz CT molecular complexity index is 279. The molecule has 0 unspecified atom stereocenters. The average Bonchev–Trinajstić information content (AvgIpc) is 1.85. The van der Waals surface area contributed by atoms with Gasteiger partial charge in [0.15, 0.2) is 0 Å². The first-order valence-electron chi connectivity index (χ1n) is 2.80. The molecule has 4 heteroatoms. The van der Waals surface area contributed by atoms with Crippen LogP contribution in [0.4, 0.5) is 0 Å². The second kappa shape index (κ2) is 4.27. The van der Waals surface area contributed by atoms with Crippen LogP contribution < -0.4 is 29.2 Å². The molecule has 54 valence electrons. The minimum absolute atomic E-state index is 0. The molecule has 1 rings (SSSR count). The zero-order chi connectivity index (χ0) is 7.56. The topological polar surface area (TPSA) is 39.4 Å². The Morgan fingerprint density at radius 2 is 2.27 bits per heavy atom. The van der Waals surface area contributed by atoms with E-state index in [1.54, 1.807) is 13.0 Å². The predicted octanol–water partition coefficient (Wildman–Crippen LogP) is -2.24. The Balaban J connectivity index is 0.000001000. The van der Waals surface area contributed by atoms with Gasteiger partial charge in [0.05, 0.1) is 7.11 Å². The minimum atomic E-state index is -0.503. The van der Waals surface area contributed by atoms with Crippen molar-refractivity contribution < 1.29 is 28.0 Å². The summed E-state index contributed by atoms with van der Waals surface area (Å²) in [5, 5.41) is 0. The largest absolute Gasteiger partial charge is 1.00 e. The van der Waals surface area contributed by atoms with E-state index >= 15 is 0 Å².